The fraction of sp³-hybridized carbons (Fsp3) is 0.889. The molecular weight excluding hydrogens is 278 g/mol. The third kappa shape index (κ3) is 15.3. The molecular formula is C18H35NO3. The molecule has 0 aliphatic carbocycles. The summed E-state index contributed by atoms with van der Waals surface area (Å²) in [7, 11) is 0. The van der Waals surface area contributed by atoms with E-state index in [1.165, 1.54) is 32.1 Å². The van der Waals surface area contributed by atoms with Crippen molar-refractivity contribution in [2.45, 2.75) is 90.9 Å². The largest absolute Gasteiger partial charge is 0.466 e. The quantitative estimate of drug-likeness (QED) is 0.361. The summed E-state index contributed by atoms with van der Waals surface area (Å²) >= 11 is 0. The van der Waals surface area contributed by atoms with E-state index >= 15 is 0 Å². The van der Waals surface area contributed by atoms with Gasteiger partial charge in [0.15, 0.2) is 0 Å². The van der Waals surface area contributed by atoms with Gasteiger partial charge < -0.3 is 10.1 Å². The number of carbonyl (C=O) groups excluding carboxylic acids is 2. The number of esters is 1. The third-order valence-corrected chi connectivity index (χ3v) is 3.67. The summed E-state index contributed by atoms with van der Waals surface area (Å²) in [5.74, 6) is -0.173. The molecule has 0 rings (SSSR count). The van der Waals surface area contributed by atoms with E-state index in [0.717, 1.165) is 32.1 Å². The molecule has 130 valence electrons. The Morgan fingerprint density at radius 3 is 2.05 bits per heavy atom. The molecule has 0 aliphatic rings. The Balaban J connectivity index is 3.30. The van der Waals surface area contributed by atoms with Gasteiger partial charge in [0.1, 0.15) is 0 Å². The Morgan fingerprint density at radius 1 is 0.773 bits per heavy atom. The molecule has 0 spiro atoms. The first-order chi connectivity index (χ1) is 10.7. The van der Waals surface area contributed by atoms with Gasteiger partial charge >= 0.3 is 5.97 Å². The second kappa shape index (κ2) is 16.3. The minimum atomic E-state index is -0.208. The average Bonchev–Trinajstić information content (AvgIpc) is 2.50. The summed E-state index contributed by atoms with van der Waals surface area (Å²) in [6.07, 6.45) is 12.4. The number of hydrogen-bond acceptors (Lipinski definition) is 3. The second-order valence-corrected chi connectivity index (χ2v) is 5.90. The maximum Gasteiger partial charge on any atom is 0.307 e. The molecule has 4 heteroatoms. The Hall–Kier alpha value is -1.06. The highest BCUT2D eigenvalue weighted by Gasteiger charge is 2.05. The zero-order valence-electron chi connectivity index (χ0n) is 14.6. The predicted octanol–water partition coefficient (Wildman–Crippen LogP) is 4.37. The lowest BCUT2D eigenvalue weighted by Gasteiger charge is -2.06. The van der Waals surface area contributed by atoms with Gasteiger partial charge in [-0.25, -0.2) is 0 Å². The van der Waals surface area contributed by atoms with Crippen molar-refractivity contribution in [1.29, 1.82) is 0 Å². The SMILES string of the molecule is CCCCCCCCCOC(=O)CCNC(=O)CCCCC. The van der Waals surface area contributed by atoms with Crippen LogP contribution in [-0.4, -0.2) is 25.0 Å². The van der Waals surface area contributed by atoms with Crippen LogP contribution in [0.3, 0.4) is 0 Å². The minimum Gasteiger partial charge on any atom is -0.466 e. The number of hydrogen-bond donors (Lipinski definition) is 1. The number of rotatable bonds is 15. The Morgan fingerprint density at radius 2 is 1.36 bits per heavy atom. The Kier molecular flexibility index (Phi) is 15.5. The van der Waals surface area contributed by atoms with Crippen LogP contribution in [0.2, 0.25) is 0 Å². The van der Waals surface area contributed by atoms with Crippen molar-refractivity contribution >= 4 is 11.9 Å². The highest BCUT2D eigenvalue weighted by atomic mass is 16.5. The van der Waals surface area contributed by atoms with Crippen LogP contribution in [0.1, 0.15) is 90.9 Å². The van der Waals surface area contributed by atoms with Crippen molar-refractivity contribution in [2.24, 2.45) is 0 Å². The van der Waals surface area contributed by atoms with Crippen molar-refractivity contribution in [2.75, 3.05) is 13.2 Å². The molecule has 0 aromatic heterocycles. The number of ether oxygens (including phenoxy) is 1. The maximum absolute atomic E-state index is 11.5. The van der Waals surface area contributed by atoms with Gasteiger partial charge in [-0.15, -0.1) is 0 Å². The molecule has 0 atom stereocenters. The molecule has 0 saturated heterocycles. The zero-order valence-corrected chi connectivity index (χ0v) is 14.6. The van der Waals surface area contributed by atoms with Gasteiger partial charge in [0.25, 0.3) is 0 Å². The van der Waals surface area contributed by atoms with Crippen LogP contribution in [0.15, 0.2) is 0 Å². The third-order valence-electron chi connectivity index (χ3n) is 3.67. The van der Waals surface area contributed by atoms with Crippen LogP contribution in [0.5, 0.6) is 0 Å². The summed E-state index contributed by atoms with van der Waals surface area (Å²) in [4.78, 5) is 22.9. The summed E-state index contributed by atoms with van der Waals surface area (Å²) in [6, 6.07) is 0. The van der Waals surface area contributed by atoms with Crippen molar-refractivity contribution in [3.05, 3.63) is 0 Å². The van der Waals surface area contributed by atoms with E-state index in [1.54, 1.807) is 0 Å². The van der Waals surface area contributed by atoms with Gasteiger partial charge in [-0.05, 0) is 12.8 Å². The second-order valence-electron chi connectivity index (χ2n) is 5.90. The molecule has 0 heterocycles. The number of amides is 1. The molecule has 0 bridgehead atoms. The fourth-order valence-corrected chi connectivity index (χ4v) is 2.25. The molecule has 0 fully saturated rings. The maximum atomic E-state index is 11.5. The smallest absolute Gasteiger partial charge is 0.307 e. The van der Waals surface area contributed by atoms with Crippen molar-refractivity contribution in [3.63, 3.8) is 0 Å². The topological polar surface area (TPSA) is 55.4 Å². The molecule has 0 unspecified atom stereocenters. The van der Waals surface area contributed by atoms with Crippen LogP contribution in [-0.2, 0) is 14.3 Å². The molecule has 22 heavy (non-hydrogen) atoms. The van der Waals surface area contributed by atoms with E-state index in [-0.39, 0.29) is 18.3 Å². The first-order valence-corrected chi connectivity index (χ1v) is 9.13. The summed E-state index contributed by atoms with van der Waals surface area (Å²) in [6.45, 7) is 5.23. The lowest BCUT2D eigenvalue weighted by atomic mass is 10.1. The Bertz CT molecular complexity index is 280. The van der Waals surface area contributed by atoms with Crippen LogP contribution < -0.4 is 5.32 Å². The van der Waals surface area contributed by atoms with E-state index in [1.807, 2.05) is 0 Å². The van der Waals surface area contributed by atoms with Crippen LogP contribution in [0, 0.1) is 0 Å². The van der Waals surface area contributed by atoms with Gasteiger partial charge in [-0.1, -0.05) is 65.2 Å². The molecule has 1 amide bonds. The van der Waals surface area contributed by atoms with E-state index in [4.69, 9.17) is 4.74 Å². The van der Waals surface area contributed by atoms with E-state index in [0.29, 0.717) is 19.6 Å². The van der Waals surface area contributed by atoms with Gasteiger partial charge in [-0.2, -0.15) is 0 Å². The number of unbranched alkanes of at least 4 members (excludes halogenated alkanes) is 8. The molecule has 0 saturated carbocycles. The minimum absolute atomic E-state index is 0.0355. The normalized spacial score (nSPS) is 10.5. The van der Waals surface area contributed by atoms with Crippen LogP contribution in [0.25, 0.3) is 0 Å². The average molecular weight is 313 g/mol. The fourth-order valence-electron chi connectivity index (χ4n) is 2.25. The van der Waals surface area contributed by atoms with Crippen LogP contribution in [0.4, 0.5) is 0 Å². The molecule has 0 radical (unpaired) electrons. The van der Waals surface area contributed by atoms with E-state index in [2.05, 4.69) is 19.2 Å². The first-order valence-electron chi connectivity index (χ1n) is 9.13. The van der Waals surface area contributed by atoms with E-state index < -0.39 is 0 Å². The summed E-state index contributed by atoms with van der Waals surface area (Å²) < 4.78 is 5.16. The standard InChI is InChI=1S/C18H35NO3/c1-3-5-7-8-9-10-12-16-22-18(21)14-15-19-17(20)13-11-6-4-2/h3-16H2,1-2H3,(H,19,20). The molecule has 0 aromatic carbocycles. The Labute approximate surface area is 136 Å². The molecule has 0 aromatic rings. The highest BCUT2D eigenvalue weighted by Crippen LogP contribution is 2.07. The lowest BCUT2D eigenvalue weighted by Crippen LogP contribution is -2.26. The number of nitrogens with one attached hydrogen (secondary N) is 1. The monoisotopic (exact) mass is 313 g/mol. The van der Waals surface area contributed by atoms with Gasteiger partial charge in [0.05, 0.1) is 13.0 Å². The first kappa shape index (κ1) is 20.9. The summed E-state index contributed by atoms with van der Waals surface area (Å²) in [5, 5.41) is 2.76. The predicted molar refractivity (Wildman–Crippen MR) is 90.7 cm³/mol. The lowest BCUT2D eigenvalue weighted by molar-refractivity contribution is -0.143. The molecule has 4 nitrogen and oxygen atoms in total. The van der Waals surface area contributed by atoms with Crippen molar-refractivity contribution in [1.82, 2.24) is 5.32 Å². The van der Waals surface area contributed by atoms with Gasteiger partial charge in [0, 0.05) is 13.0 Å². The van der Waals surface area contributed by atoms with Crippen LogP contribution >= 0.6 is 0 Å². The van der Waals surface area contributed by atoms with Crippen molar-refractivity contribution < 1.29 is 14.3 Å². The van der Waals surface area contributed by atoms with Crippen molar-refractivity contribution in [3.8, 4) is 0 Å². The summed E-state index contributed by atoms with van der Waals surface area (Å²) in [5.41, 5.74) is 0. The van der Waals surface area contributed by atoms with E-state index in [9.17, 15) is 9.59 Å². The molecule has 0 aliphatic heterocycles. The number of carbonyl (C=O) groups is 2. The zero-order chi connectivity index (χ0) is 16.5. The van der Waals surface area contributed by atoms with Gasteiger partial charge in [-0.3, -0.25) is 9.59 Å². The highest BCUT2D eigenvalue weighted by molar-refractivity contribution is 5.76. The molecule has 1 N–H and O–H groups in total. The van der Waals surface area contributed by atoms with Gasteiger partial charge in [0.2, 0.25) is 5.91 Å².